The molecule has 1 rings (SSSR count). The molecular formula is C7H15IN2. The van der Waals surface area contributed by atoms with Crippen LogP contribution < -0.4 is 28.9 Å². The van der Waals surface area contributed by atoms with Crippen LogP contribution in [-0.4, -0.2) is 25.2 Å². The second-order valence-corrected chi connectivity index (χ2v) is 2.63. The van der Waals surface area contributed by atoms with Gasteiger partial charge in [-0.1, -0.05) is 6.92 Å². The van der Waals surface area contributed by atoms with E-state index < -0.39 is 0 Å². The Morgan fingerprint density at radius 2 is 2.30 bits per heavy atom. The summed E-state index contributed by atoms with van der Waals surface area (Å²) in [7, 11) is 2.17. The summed E-state index contributed by atoms with van der Waals surface area (Å²) < 4.78 is 0. The van der Waals surface area contributed by atoms with Gasteiger partial charge in [0.1, 0.15) is 6.20 Å². The Hall–Kier alpha value is 0.230. The number of quaternary nitrogens is 1. The Balaban J connectivity index is 0.000000810. The van der Waals surface area contributed by atoms with Gasteiger partial charge in [0.2, 0.25) is 0 Å². The van der Waals surface area contributed by atoms with Crippen molar-refractivity contribution in [2.24, 2.45) is 0 Å². The second kappa shape index (κ2) is 4.96. The number of hydrogen-bond donors (Lipinski definition) is 1. The highest BCUT2D eigenvalue weighted by Crippen LogP contribution is 1.90. The molecule has 0 aliphatic carbocycles. The first-order valence-corrected chi connectivity index (χ1v) is 3.57. The van der Waals surface area contributed by atoms with Gasteiger partial charge in [-0.05, 0) is 6.42 Å². The van der Waals surface area contributed by atoms with Crippen LogP contribution in [0.4, 0.5) is 0 Å². The van der Waals surface area contributed by atoms with E-state index in [0.717, 1.165) is 6.67 Å². The molecule has 0 saturated heterocycles. The van der Waals surface area contributed by atoms with Gasteiger partial charge in [-0.15, -0.1) is 0 Å². The van der Waals surface area contributed by atoms with E-state index in [1.807, 2.05) is 0 Å². The van der Waals surface area contributed by atoms with Crippen LogP contribution in [0.5, 0.6) is 0 Å². The first-order chi connectivity index (χ1) is 4.33. The molecule has 0 aromatic rings. The summed E-state index contributed by atoms with van der Waals surface area (Å²) in [4.78, 5) is 3.82. The minimum absolute atomic E-state index is 0. The minimum Gasteiger partial charge on any atom is -1.00 e. The maximum Gasteiger partial charge on any atom is 0.156 e. The molecule has 1 atom stereocenters. The lowest BCUT2D eigenvalue weighted by molar-refractivity contribution is -0.826. The Morgan fingerprint density at radius 1 is 1.60 bits per heavy atom. The van der Waals surface area contributed by atoms with Crippen molar-refractivity contribution in [1.82, 2.24) is 4.90 Å². The summed E-state index contributed by atoms with van der Waals surface area (Å²) in [5.41, 5.74) is 0. The van der Waals surface area contributed by atoms with Crippen molar-refractivity contribution in [3.8, 4) is 0 Å². The third-order valence-corrected chi connectivity index (χ3v) is 1.53. The summed E-state index contributed by atoms with van der Waals surface area (Å²) in [6.07, 6.45) is 5.62. The van der Waals surface area contributed by atoms with Crippen LogP contribution in [0.15, 0.2) is 12.4 Å². The van der Waals surface area contributed by atoms with Crippen molar-refractivity contribution in [3.05, 3.63) is 12.4 Å². The van der Waals surface area contributed by atoms with Gasteiger partial charge in [0.25, 0.3) is 0 Å². The van der Waals surface area contributed by atoms with Crippen LogP contribution >= 0.6 is 0 Å². The first kappa shape index (κ1) is 10.2. The summed E-state index contributed by atoms with van der Waals surface area (Å²) in [5.74, 6) is 0. The summed E-state index contributed by atoms with van der Waals surface area (Å²) >= 11 is 0. The van der Waals surface area contributed by atoms with Crippen molar-refractivity contribution in [1.29, 1.82) is 0 Å². The second-order valence-electron chi connectivity index (χ2n) is 2.63. The van der Waals surface area contributed by atoms with Gasteiger partial charge in [-0.2, -0.15) is 0 Å². The third-order valence-electron chi connectivity index (χ3n) is 1.53. The van der Waals surface area contributed by atoms with E-state index in [9.17, 15) is 0 Å². The molecule has 60 valence electrons. The molecule has 0 bridgehead atoms. The zero-order valence-corrected chi connectivity index (χ0v) is 8.76. The van der Waals surface area contributed by atoms with Crippen molar-refractivity contribution in [2.75, 3.05) is 20.3 Å². The lowest BCUT2D eigenvalue weighted by atomic mass is 10.4. The molecule has 2 nitrogen and oxygen atoms in total. The highest BCUT2D eigenvalue weighted by molar-refractivity contribution is 4.76. The Labute approximate surface area is 79.9 Å². The van der Waals surface area contributed by atoms with Gasteiger partial charge in [-0.25, -0.2) is 0 Å². The maximum atomic E-state index is 2.34. The number of halogens is 1. The van der Waals surface area contributed by atoms with Gasteiger partial charge in [-0.3, -0.25) is 4.90 Å². The van der Waals surface area contributed by atoms with Crippen LogP contribution in [0.1, 0.15) is 13.3 Å². The Kier molecular flexibility index (Phi) is 5.07. The van der Waals surface area contributed by atoms with E-state index in [1.54, 1.807) is 0 Å². The summed E-state index contributed by atoms with van der Waals surface area (Å²) in [6.45, 7) is 4.56. The average Bonchev–Trinajstić information content (AvgIpc) is 2.17. The molecule has 0 fully saturated rings. The maximum absolute atomic E-state index is 2.34. The van der Waals surface area contributed by atoms with E-state index in [1.165, 1.54) is 17.9 Å². The predicted molar refractivity (Wildman–Crippen MR) is 37.9 cm³/mol. The minimum atomic E-state index is 0. The molecule has 0 aromatic carbocycles. The van der Waals surface area contributed by atoms with E-state index >= 15 is 0 Å². The van der Waals surface area contributed by atoms with Crippen molar-refractivity contribution < 1.29 is 28.9 Å². The van der Waals surface area contributed by atoms with Crippen molar-refractivity contribution in [2.45, 2.75) is 13.3 Å². The topological polar surface area (TPSA) is 7.68 Å². The smallest absolute Gasteiger partial charge is 0.156 e. The number of nitrogens with one attached hydrogen (secondary N) is 1. The van der Waals surface area contributed by atoms with Crippen LogP contribution in [0.25, 0.3) is 0 Å². The van der Waals surface area contributed by atoms with Gasteiger partial charge in [0, 0.05) is 6.54 Å². The van der Waals surface area contributed by atoms with E-state index in [4.69, 9.17) is 0 Å². The highest BCUT2D eigenvalue weighted by Gasteiger charge is 2.09. The quantitative estimate of drug-likeness (QED) is 0.506. The summed E-state index contributed by atoms with van der Waals surface area (Å²) in [6, 6.07) is 0. The number of hydrogen-bond acceptors (Lipinski definition) is 1. The lowest BCUT2D eigenvalue weighted by Gasteiger charge is -2.12. The SMILES string of the molecule is CCCN1C=C[NH+](C)C1.[I-]. The standard InChI is InChI=1S/C7H14N2.HI/c1-3-4-9-6-5-8(2)7-9;/h5-6H,3-4,7H2,1-2H3;1H. The molecule has 10 heavy (non-hydrogen) atoms. The molecule has 0 aromatic heterocycles. The molecule has 1 unspecified atom stereocenters. The van der Waals surface area contributed by atoms with Gasteiger partial charge in [0.05, 0.1) is 13.2 Å². The van der Waals surface area contributed by atoms with E-state index in [0.29, 0.717) is 0 Å². The molecule has 0 saturated carbocycles. The molecule has 0 amide bonds. The van der Waals surface area contributed by atoms with E-state index in [2.05, 4.69) is 31.3 Å². The van der Waals surface area contributed by atoms with E-state index in [-0.39, 0.29) is 24.0 Å². The lowest BCUT2D eigenvalue weighted by Crippen LogP contribution is -3.03. The van der Waals surface area contributed by atoms with Crippen LogP contribution in [0.3, 0.4) is 0 Å². The fourth-order valence-corrected chi connectivity index (χ4v) is 1.10. The molecule has 0 radical (unpaired) electrons. The molecular weight excluding hydrogens is 239 g/mol. The molecule has 0 spiro atoms. The number of rotatable bonds is 2. The molecule has 1 heterocycles. The largest absolute Gasteiger partial charge is 1.00 e. The van der Waals surface area contributed by atoms with Gasteiger partial charge < -0.3 is 28.9 Å². The van der Waals surface area contributed by atoms with Crippen LogP contribution in [-0.2, 0) is 0 Å². The van der Waals surface area contributed by atoms with Crippen LogP contribution in [0, 0.1) is 0 Å². The zero-order chi connectivity index (χ0) is 6.69. The molecule has 1 aliphatic heterocycles. The van der Waals surface area contributed by atoms with Gasteiger partial charge in [0.15, 0.2) is 6.67 Å². The third kappa shape index (κ3) is 2.88. The average molecular weight is 254 g/mol. The normalized spacial score (nSPS) is 23.0. The number of nitrogens with zero attached hydrogens (tertiary/aromatic N) is 1. The molecule has 3 heteroatoms. The molecule has 1 N–H and O–H groups in total. The van der Waals surface area contributed by atoms with Crippen molar-refractivity contribution >= 4 is 0 Å². The summed E-state index contributed by atoms with van der Waals surface area (Å²) in [5, 5.41) is 0. The molecule has 1 aliphatic rings. The van der Waals surface area contributed by atoms with Crippen LogP contribution in [0.2, 0.25) is 0 Å². The fourth-order valence-electron chi connectivity index (χ4n) is 1.10. The predicted octanol–water partition coefficient (Wildman–Crippen LogP) is -3.34. The van der Waals surface area contributed by atoms with Gasteiger partial charge >= 0.3 is 0 Å². The van der Waals surface area contributed by atoms with Crippen molar-refractivity contribution in [3.63, 3.8) is 0 Å². The highest BCUT2D eigenvalue weighted by atomic mass is 127. The Morgan fingerprint density at radius 3 is 2.70 bits per heavy atom. The zero-order valence-electron chi connectivity index (χ0n) is 6.60. The Bertz CT molecular complexity index is 114. The first-order valence-electron chi connectivity index (χ1n) is 3.57. The monoisotopic (exact) mass is 254 g/mol. The fraction of sp³-hybridized carbons (Fsp3) is 0.714.